The first-order chi connectivity index (χ1) is 6.20. The number of halogens is 1. The lowest BCUT2D eigenvalue weighted by Crippen LogP contribution is -2.19. The van der Waals surface area contributed by atoms with Crippen molar-refractivity contribution in [3.05, 3.63) is 10.3 Å². The highest BCUT2D eigenvalue weighted by Crippen LogP contribution is 2.27. The smallest absolute Gasteiger partial charge is 0.151 e. The first-order valence-corrected chi connectivity index (χ1v) is 4.93. The molecule has 0 unspecified atom stereocenters. The van der Waals surface area contributed by atoms with E-state index < -0.39 is 0 Å². The molecule has 2 rings (SSSR count). The van der Waals surface area contributed by atoms with Crippen LogP contribution in [0.1, 0.15) is 11.6 Å². The van der Waals surface area contributed by atoms with Crippen LogP contribution in [0.4, 0.5) is 0 Å². The summed E-state index contributed by atoms with van der Waals surface area (Å²) < 4.78 is 2.42. The van der Waals surface area contributed by atoms with Crippen LogP contribution < -0.4 is 5.32 Å². The van der Waals surface area contributed by atoms with E-state index in [2.05, 4.69) is 31.6 Å². The second-order valence-electron chi connectivity index (χ2n) is 3.22. The molecule has 0 radical (unpaired) electrons. The van der Waals surface area contributed by atoms with Crippen molar-refractivity contribution in [1.29, 1.82) is 0 Å². The average Bonchev–Trinajstić information content (AvgIpc) is 2.60. The largest absolute Gasteiger partial charge is 0.391 e. The maximum Gasteiger partial charge on any atom is 0.151 e. The van der Waals surface area contributed by atoms with Gasteiger partial charge in [0.1, 0.15) is 0 Å². The van der Waals surface area contributed by atoms with Gasteiger partial charge in [-0.15, -0.1) is 5.10 Å². The van der Waals surface area contributed by atoms with Crippen molar-refractivity contribution < 1.29 is 5.11 Å². The SMILES string of the molecule is Cn1nnc(Br)c1[C@@H]1CNC[C@H]1O. The Morgan fingerprint density at radius 1 is 1.62 bits per heavy atom. The molecular formula is C7H11BrN4O. The summed E-state index contributed by atoms with van der Waals surface area (Å²) >= 11 is 3.32. The lowest BCUT2D eigenvalue weighted by atomic mass is 10.0. The lowest BCUT2D eigenvalue weighted by molar-refractivity contribution is 0.174. The van der Waals surface area contributed by atoms with Crippen molar-refractivity contribution in [3.8, 4) is 0 Å². The molecule has 1 aliphatic heterocycles. The van der Waals surface area contributed by atoms with Gasteiger partial charge < -0.3 is 10.4 Å². The van der Waals surface area contributed by atoms with Crippen molar-refractivity contribution in [2.24, 2.45) is 7.05 Å². The third kappa shape index (κ3) is 1.49. The molecule has 5 nitrogen and oxygen atoms in total. The molecule has 1 aromatic heterocycles. The lowest BCUT2D eigenvalue weighted by Gasteiger charge is -2.12. The molecule has 0 bridgehead atoms. The van der Waals surface area contributed by atoms with Gasteiger partial charge >= 0.3 is 0 Å². The zero-order valence-corrected chi connectivity index (χ0v) is 8.82. The van der Waals surface area contributed by atoms with Gasteiger partial charge in [0.05, 0.1) is 11.8 Å². The second-order valence-corrected chi connectivity index (χ2v) is 3.97. The number of aromatic nitrogens is 3. The molecule has 0 spiro atoms. The number of aliphatic hydroxyl groups is 1. The second kappa shape index (κ2) is 3.36. The molecule has 1 saturated heterocycles. The average molecular weight is 247 g/mol. The number of β-amino-alcohol motifs (C(OH)–C–C–N with tert-alkyl or cyclic N) is 1. The van der Waals surface area contributed by atoms with Crippen LogP contribution in [-0.4, -0.2) is 39.3 Å². The highest BCUT2D eigenvalue weighted by atomic mass is 79.9. The summed E-state index contributed by atoms with van der Waals surface area (Å²) in [6, 6.07) is 0. The molecule has 0 amide bonds. The van der Waals surface area contributed by atoms with Crippen molar-refractivity contribution >= 4 is 15.9 Å². The van der Waals surface area contributed by atoms with Crippen LogP contribution in [0, 0.1) is 0 Å². The van der Waals surface area contributed by atoms with Crippen molar-refractivity contribution in [2.75, 3.05) is 13.1 Å². The molecule has 6 heteroatoms. The van der Waals surface area contributed by atoms with E-state index in [-0.39, 0.29) is 12.0 Å². The summed E-state index contributed by atoms with van der Waals surface area (Å²) in [7, 11) is 1.83. The van der Waals surface area contributed by atoms with Gasteiger partial charge in [-0.2, -0.15) is 0 Å². The summed E-state index contributed by atoms with van der Waals surface area (Å²) in [4.78, 5) is 0. The third-order valence-electron chi connectivity index (χ3n) is 2.36. The Hall–Kier alpha value is -0.460. The molecular weight excluding hydrogens is 236 g/mol. The number of aliphatic hydroxyl groups excluding tert-OH is 1. The van der Waals surface area contributed by atoms with E-state index in [0.29, 0.717) is 6.54 Å². The van der Waals surface area contributed by atoms with Crippen molar-refractivity contribution in [1.82, 2.24) is 20.3 Å². The standard InChI is InChI=1S/C7H11BrN4O/c1-12-6(7(8)10-11-12)4-2-9-3-5(4)13/h4-5,9,13H,2-3H2,1H3/t4-,5-/m1/s1. The van der Waals surface area contributed by atoms with Gasteiger partial charge in [-0.3, -0.25) is 4.68 Å². The van der Waals surface area contributed by atoms with Gasteiger partial charge in [0.2, 0.25) is 0 Å². The van der Waals surface area contributed by atoms with Crippen LogP contribution >= 0.6 is 15.9 Å². The Morgan fingerprint density at radius 3 is 2.85 bits per heavy atom. The molecule has 0 saturated carbocycles. The minimum atomic E-state index is -0.339. The predicted octanol–water partition coefficient (Wildman–Crippen LogP) is -0.375. The quantitative estimate of drug-likeness (QED) is 0.710. The fourth-order valence-corrected chi connectivity index (χ4v) is 2.30. The third-order valence-corrected chi connectivity index (χ3v) is 2.92. The topological polar surface area (TPSA) is 63.0 Å². The van der Waals surface area contributed by atoms with E-state index >= 15 is 0 Å². The number of nitrogens with zero attached hydrogens (tertiary/aromatic N) is 3. The fourth-order valence-electron chi connectivity index (χ4n) is 1.68. The number of nitrogens with one attached hydrogen (secondary N) is 1. The summed E-state index contributed by atoms with van der Waals surface area (Å²) in [6.07, 6.45) is -0.339. The highest BCUT2D eigenvalue weighted by molar-refractivity contribution is 9.10. The van der Waals surface area contributed by atoms with Crippen molar-refractivity contribution in [3.63, 3.8) is 0 Å². The Bertz CT molecular complexity index is 294. The number of rotatable bonds is 1. The number of hydrogen-bond acceptors (Lipinski definition) is 4. The molecule has 2 atom stereocenters. The maximum absolute atomic E-state index is 9.66. The number of aryl methyl sites for hydroxylation is 1. The zero-order valence-electron chi connectivity index (χ0n) is 7.24. The fraction of sp³-hybridized carbons (Fsp3) is 0.714. The van der Waals surface area contributed by atoms with Crippen LogP contribution in [0.2, 0.25) is 0 Å². The summed E-state index contributed by atoms with van der Waals surface area (Å²) in [5.41, 5.74) is 0.956. The molecule has 1 fully saturated rings. The molecule has 1 aromatic rings. The first-order valence-electron chi connectivity index (χ1n) is 4.14. The Labute approximate surface area is 84.3 Å². The van der Waals surface area contributed by atoms with Gasteiger partial charge in [0.15, 0.2) is 4.60 Å². The van der Waals surface area contributed by atoms with Crippen LogP contribution in [0.15, 0.2) is 4.60 Å². The minimum Gasteiger partial charge on any atom is -0.391 e. The van der Waals surface area contributed by atoms with Crippen LogP contribution in [0.5, 0.6) is 0 Å². The molecule has 72 valence electrons. The van der Waals surface area contributed by atoms with Gasteiger partial charge in [-0.25, -0.2) is 0 Å². The Morgan fingerprint density at radius 2 is 2.38 bits per heavy atom. The molecule has 0 aliphatic carbocycles. The summed E-state index contributed by atoms with van der Waals surface area (Å²) in [5, 5.41) is 20.5. The van der Waals surface area contributed by atoms with Crippen LogP contribution in [0.25, 0.3) is 0 Å². The summed E-state index contributed by atoms with van der Waals surface area (Å²) in [6.45, 7) is 1.42. The number of hydrogen-bond donors (Lipinski definition) is 2. The predicted molar refractivity (Wildman–Crippen MR) is 50.3 cm³/mol. The van der Waals surface area contributed by atoms with Gasteiger partial charge in [0, 0.05) is 26.1 Å². The summed E-state index contributed by atoms with van der Waals surface area (Å²) in [5.74, 6) is 0.0920. The molecule has 0 aromatic carbocycles. The molecule has 1 aliphatic rings. The van der Waals surface area contributed by atoms with E-state index in [1.807, 2.05) is 7.05 Å². The van der Waals surface area contributed by atoms with Crippen LogP contribution in [0.3, 0.4) is 0 Å². The molecule has 2 N–H and O–H groups in total. The normalized spacial score (nSPS) is 28.2. The highest BCUT2D eigenvalue weighted by Gasteiger charge is 2.31. The van der Waals surface area contributed by atoms with Crippen molar-refractivity contribution in [2.45, 2.75) is 12.0 Å². The van der Waals surface area contributed by atoms with Gasteiger partial charge in [-0.05, 0) is 15.9 Å². The Kier molecular flexibility index (Phi) is 2.35. The minimum absolute atomic E-state index is 0.0920. The van der Waals surface area contributed by atoms with Gasteiger partial charge in [-0.1, -0.05) is 5.21 Å². The van der Waals surface area contributed by atoms with Crippen LogP contribution in [-0.2, 0) is 7.05 Å². The Balaban J connectivity index is 2.33. The molecule has 13 heavy (non-hydrogen) atoms. The van der Waals surface area contributed by atoms with E-state index in [1.54, 1.807) is 4.68 Å². The van der Waals surface area contributed by atoms with E-state index in [0.717, 1.165) is 16.8 Å². The monoisotopic (exact) mass is 246 g/mol. The van der Waals surface area contributed by atoms with Gasteiger partial charge in [0.25, 0.3) is 0 Å². The maximum atomic E-state index is 9.66. The van der Waals surface area contributed by atoms with E-state index in [4.69, 9.17) is 0 Å². The molecule has 2 heterocycles. The van der Waals surface area contributed by atoms with E-state index in [1.165, 1.54) is 0 Å². The van der Waals surface area contributed by atoms with E-state index in [9.17, 15) is 5.11 Å². The zero-order chi connectivity index (χ0) is 9.42. The first kappa shape index (κ1) is 9.11.